The van der Waals surface area contributed by atoms with E-state index < -0.39 is 17.5 Å². The Bertz CT molecular complexity index is 1210. The summed E-state index contributed by atoms with van der Waals surface area (Å²) < 4.78 is 16.8. The minimum Gasteiger partial charge on any atom is -0.488 e. The first-order chi connectivity index (χ1) is 16.1. The Hall–Kier alpha value is -4.19. The molecule has 1 aliphatic carbocycles. The van der Waals surface area contributed by atoms with E-state index in [1.165, 1.54) is 6.08 Å². The van der Waals surface area contributed by atoms with Crippen LogP contribution in [0.4, 0.5) is 0 Å². The van der Waals surface area contributed by atoms with Gasteiger partial charge in [-0.3, -0.25) is 9.59 Å². The Morgan fingerprint density at radius 1 is 0.727 bits per heavy atom. The van der Waals surface area contributed by atoms with Crippen LogP contribution in [0.2, 0.25) is 0 Å². The summed E-state index contributed by atoms with van der Waals surface area (Å²) >= 11 is 0. The van der Waals surface area contributed by atoms with Crippen LogP contribution in [0.5, 0.6) is 11.5 Å². The van der Waals surface area contributed by atoms with Crippen LogP contribution in [0.25, 0.3) is 6.08 Å². The number of hydrogen-bond acceptors (Lipinski definition) is 6. The molecule has 33 heavy (non-hydrogen) atoms. The van der Waals surface area contributed by atoms with Gasteiger partial charge in [-0.2, -0.15) is 0 Å². The van der Waals surface area contributed by atoms with Gasteiger partial charge in [0.2, 0.25) is 11.6 Å². The number of ether oxygens (including phenoxy) is 3. The summed E-state index contributed by atoms with van der Waals surface area (Å²) in [4.78, 5) is 38.1. The molecule has 6 nitrogen and oxygen atoms in total. The highest BCUT2D eigenvalue weighted by Crippen LogP contribution is 2.37. The van der Waals surface area contributed by atoms with E-state index >= 15 is 0 Å². The standard InChI is InChI=1S/C27H22O6/c1-2-31-27(30)21-15-20-22(32-16-18-9-5-3-6-10-18)13-14-23(24(20)26(29)25(21)28)33-17-19-11-7-4-8-12-19/h3-15H,2,16-17H2,1H3. The molecule has 3 aromatic rings. The fraction of sp³-hybridized carbons (Fsp3) is 0.148. The third-order valence-corrected chi connectivity index (χ3v) is 5.10. The zero-order chi connectivity index (χ0) is 23.2. The van der Waals surface area contributed by atoms with Crippen molar-refractivity contribution in [2.45, 2.75) is 20.1 Å². The maximum Gasteiger partial charge on any atom is 0.342 e. The second-order valence-electron chi connectivity index (χ2n) is 7.34. The molecular formula is C27H22O6. The van der Waals surface area contributed by atoms with E-state index in [0.717, 1.165) is 11.1 Å². The molecule has 0 aromatic heterocycles. The van der Waals surface area contributed by atoms with Gasteiger partial charge in [0, 0.05) is 5.56 Å². The van der Waals surface area contributed by atoms with Crippen LogP contribution in [0.1, 0.15) is 34.0 Å². The van der Waals surface area contributed by atoms with Crippen LogP contribution < -0.4 is 9.47 Å². The molecule has 0 atom stereocenters. The first-order valence-corrected chi connectivity index (χ1v) is 10.6. The number of rotatable bonds is 8. The molecule has 6 heteroatoms. The lowest BCUT2D eigenvalue weighted by molar-refractivity contribution is -0.139. The van der Waals surface area contributed by atoms with Gasteiger partial charge in [0.25, 0.3) is 0 Å². The van der Waals surface area contributed by atoms with Gasteiger partial charge >= 0.3 is 5.97 Å². The number of esters is 1. The lowest BCUT2D eigenvalue weighted by Crippen LogP contribution is -2.28. The van der Waals surface area contributed by atoms with E-state index in [0.29, 0.717) is 11.3 Å². The lowest BCUT2D eigenvalue weighted by atomic mass is 9.88. The van der Waals surface area contributed by atoms with Gasteiger partial charge in [0.1, 0.15) is 30.3 Å². The van der Waals surface area contributed by atoms with E-state index in [1.54, 1.807) is 19.1 Å². The Morgan fingerprint density at radius 2 is 1.27 bits per heavy atom. The van der Waals surface area contributed by atoms with Crippen LogP contribution in [0, 0.1) is 0 Å². The molecule has 0 amide bonds. The molecule has 4 rings (SSSR count). The first kappa shape index (κ1) is 22.0. The van der Waals surface area contributed by atoms with Gasteiger partial charge in [-0.25, -0.2) is 4.79 Å². The molecule has 0 saturated carbocycles. The van der Waals surface area contributed by atoms with E-state index in [9.17, 15) is 14.4 Å². The van der Waals surface area contributed by atoms with Crippen LogP contribution in [0.15, 0.2) is 78.4 Å². The Morgan fingerprint density at radius 3 is 1.85 bits per heavy atom. The largest absolute Gasteiger partial charge is 0.488 e. The number of carbonyl (C=O) groups excluding carboxylic acids is 3. The minimum absolute atomic E-state index is 0.0783. The summed E-state index contributed by atoms with van der Waals surface area (Å²) in [5.74, 6) is -1.98. The SMILES string of the molecule is CCOC(=O)C1=Cc2c(OCc3ccccc3)ccc(OCc3ccccc3)c2C(=O)C1=O. The third-order valence-electron chi connectivity index (χ3n) is 5.10. The summed E-state index contributed by atoms with van der Waals surface area (Å²) in [7, 11) is 0. The van der Waals surface area contributed by atoms with E-state index in [1.807, 2.05) is 60.7 Å². The highest BCUT2D eigenvalue weighted by Gasteiger charge is 2.36. The fourth-order valence-electron chi connectivity index (χ4n) is 3.48. The number of benzene rings is 3. The maximum atomic E-state index is 13.1. The summed E-state index contributed by atoms with van der Waals surface area (Å²) in [5, 5.41) is 0. The van der Waals surface area contributed by atoms with Crippen molar-refractivity contribution >= 4 is 23.6 Å². The number of ketones is 2. The summed E-state index contributed by atoms with van der Waals surface area (Å²) in [6.07, 6.45) is 1.35. The van der Waals surface area contributed by atoms with E-state index in [2.05, 4.69) is 0 Å². The van der Waals surface area contributed by atoms with E-state index in [4.69, 9.17) is 14.2 Å². The molecular weight excluding hydrogens is 420 g/mol. The molecule has 0 saturated heterocycles. The number of hydrogen-bond donors (Lipinski definition) is 0. The van der Waals surface area contributed by atoms with Crippen LogP contribution in [-0.4, -0.2) is 24.1 Å². The summed E-state index contributed by atoms with van der Waals surface area (Å²) in [6, 6.07) is 22.3. The van der Waals surface area contributed by atoms with Crippen LogP contribution in [0.3, 0.4) is 0 Å². The fourth-order valence-corrected chi connectivity index (χ4v) is 3.48. The topological polar surface area (TPSA) is 78.9 Å². The first-order valence-electron chi connectivity index (χ1n) is 10.6. The van der Waals surface area contributed by atoms with Crippen molar-refractivity contribution in [1.82, 2.24) is 0 Å². The van der Waals surface area contributed by atoms with Gasteiger partial charge in [-0.1, -0.05) is 60.7 Å². The van der Waals surface area contributed by atoms with Crippen molar-refractivity contribution in [3.8, 4) is 11.5 Å². The zero-order valence-corrected chi connectivity index (χ0v) is 18.1. The number of fused-ring (bicyclic) bond motifs is 1. The van der Waals surface area contributed by atoms with Crippen molar-refractivity contribution < 1.29 is 28.6 Å². The van der Waals surface area contributed by atoms with Crippen molar-refractivity contribution in [3.63, 3.8) is 0 Å². The second kappa shape index (κ2) is 9.96. The molecule has 0 bridgehead atoms. The van der Waals surface area contributed by atoms with Crippen LogP contribution in [-0.2, 0) is 27.5 Å². The van der Waals surface area contributed by atoms with E-state index in [-0.39, 0.29) is 36.7 Å². The third kappa shape index (κ3) is 4.85. The average molecular weight is 442 g/mol. The van der Waals surface area contributed by atoms with Crippen molar-refractivity contribution in [2.75, 3.05) is 6.61 Å². The normalized spacial score (nSPS) is 12.6. The molecule has 0 radical (unpaired) electrons. The molecule has 0 spiro atoms. The molecule has 1 aliphatic rings. The molecule has 0 aliphatic heterocycles. The zero-order valence-electron chi connectivity index (χ0n) is 18.1. The Labute approximate surface area is 191 Å². The van der Waals surface area contributed by atoms with Gasteiger partial charge < -0.3 is 14.2 Å². The molecule has 0 N–H and O–H groups in total. The predicted molar refractivity (Wildman–Crippen MR) is 122 cm³/mol. The van der Waals surface area contributed by atoms with Crippen molar-refractivity contribution in [1.29, 1.82) is 0 Å². The molecule has 0 fully saturated rings. The maximum absolute atomic E-state index is 13.1. The van der Waals surface area contributed by atoms with Crippen molar-refractivity contribution in [3.05, 3.63) is 101 Å². The highest BCUT2D eigenvalue weighted by atomic mass is 16.5. The predicted octanol–water partition coefficient (Wildman–Crippen LogP) is 4.56. The molecule has 0 unspecified atom stereocenters. The molecule has 0 heterocycles. The summed E-state index contributed by atoms with van der Waals surface area (Å²) in [5.41, 5.74) is 1.93. The van der Waals surface area contributed by atoms with Gasteiger partial charge in [0.05, 0.1) is 12.2 Å². The number of carbonyl (C=O) groups is 3. The average Bonchev–Trinajstić information content (AvgIpc) is 2.85. The van der Waals surface area contributed by atoms with Gasteiger partial charge in [-0.15, -0.1) is 0 Å². The quantitative estimate of drug-likeness (QED) is 0.289. The molecule has 166 valence electrons. The Kier molecular flexibility index (Phi) is 6.64. The lowest BCUT2D eigenvalue weighted by Gasteiger charge is -2.20. The minimum atomic E-state index is -0.925. The number of Topliss-reactive ketones (excluding diaryl/α,β-unsaturated/α-hetero) is 2. The molecule has 3 aromatic carbocycles. The van der Waals surface area contributed by atoms with Gasteiger partial charge in [0.15, 0.2) is 0 Å². The van der Waals surface area contributed by atoms with Gasteiger partial charge in [-0.05, 0) is 36.3 Å². The highest BCUT2D eigenvalue weighted by molar-refractivity contribution is 6.57. The second-order valence-corrected chi connectivity index (χ2v) is 7.34. The smallest absolute Gasteiger partial charge is 0.342 e. The Balaban J connectivity index is 1.72. The van der Waals surface area contributed by atoms with Crippen LogP contribution >= 0.6 is 0 Å². The summed E-state index contributed by atoms with van der Waals surface area (Å²) in [6.45, 7) is 2.18. The monoisotopic (exact) mass is 442 g/mol. The van der Waals surface area contributed by atoms with Crippen molar-refractivity contribution in [2.24, 2.45) is 0 Å².